The third-order valence-electron chi connectivity index (χ3n) is 4.04. The van der Waals surface area contributed by atoms with E-state index in [9.17, 15) is 26.7 Å². The molecule has 1 aliphatic rings. The van der Waals surface area contributed by atoms with Crippen LogP contribution in [0, 0.1) is 11.6 Å². The fourth-order valence-electron chi connectivity index (χ4n) is 2.80. The van der Waals surface area contributed by atoms with Gasteiger partial charge in [-0.05, 0) is 36.4 Å². The fourth-order valence-corrected chi connectivity index (χ4v) is 2.80. The molecule has 4 rings (SSSR count). The first-order valence-corrected chi connectivity index (χ1v) is 7.92. The van der Waals surface area contributed by atoms with Gasteiger partial charge in [-0.1, -0.05) is 0 Å². The number of fused-ring (bicyclic) bond motifs is 1. The van der Waals surface area contributed by atoms with E-state index in [-0.39, 0.29) is 23.6 Å². The van der Waals surface area contributed by atoms with Gasteiger partial charge in [0.25, 0.3) is 5.91 Å². The lowest BCUT2D eigenvalue weighted by atomic mass is 10.1. The molecule has 0 radical (unpaired) electrons. The fraction of sp³-hybridized carbons (Fsp3) is 0.111. The molecule has 10 heteroatoms. The lowest BCUT2D eigenvalue weighted by Crippen LogP contribution is -2.25. The van der Waals surface area contributed by atoms with Crippen LogP contribution in [0.3, 0.4) is 0 Å². The summed E-state index contributed by atoms with van der Waals surface area (Å²) in [5.74, 6) is -1.88. The van der Waals surface area contributed by atoms with Crippen LogP contribution in [-0.4, -0.2) is 22.3 Å². The van der Waals surface area contributed by atoms with Crippen LogP contribution in [0.25, 0.3) is 16.9 Å². The average Bonchev–Trinajstić information content (AvgIpc) is 3.08. The number of hydrogen-bond donors (Lipinski definition) is 1. The molecule has 5 nitrogen and oxygen atoms in total. The van der Waals surface area contributed by atoms with E-state index in [0.29, 0.717) is 10.4 Å². The maximum absolute atomic E-state index is 14.2. The normalized spacial score (nSPS) is 13.7. The average molecular weight is 395 g/mol. The minimum atomic E-state index is -4.80. The van der Waals surface area contributed by atoms with Crippen LogP contribution in [0.1, 0.15) is 5.69 Å². The molecule has 0 saturated carbocycles. The number of carbonyl (C=O) groups excluding carboxylic acids is 1. The molecule has 0 atom stereocenters. The van der Waals surface area contributed by atoms with Crippen molar-refractivity contribution < 1.29 is 31.5 Å². The second kappa shape index (κ2) is 6.32. The summed E-state index contributed by atoms with van der Waals surface area (Å²) in [5, 5.41) is 5.96. The van der Waals surface area contributed by atoms with Crippen LogP contribution in [-0.2, 0) is 11.0 Å². The predicted octanol–water partition coefficient (Wildman–Crippen LogP) is 4.17. The van der Waals surface area contributed by atoms with Gasteiger partial charge < -0.3 is 10.1 Å². The Morgan fingerprint density at radius 1 is 1.07 bits per heavy atom. The first-order chi connectivity index (χ1) is 13.2. The summed E-state index contributed by atoms with van der Waals surface area (Å²) >= 11 is 0. The molecule has 0 fully saturated rings. The summed E-state index contributed by atoms with van der Waals surface area (Å²) < 4.78 is 73.3. The van der Waals surface area contributed by atoms with Crippen molar-refractivity contribution in [2.24, 2.45) is 0 Å². The number of hydrogen-bond acceptors (Lipinski definition) is 3. The van der Waals surface area contributed by atoms with Gasteiger partial charge in [-0.15, -0.1) is 0 Å². The maximum atomic E-state index is 14.2. The van der Waals surface area contributed by atoms with Gasteiger partial charge in [0.2, 0.25) is 0 Å². The molecule has 0 spiro atoms. The van der Waals surface area contributed by atoms with Crippen molar-refractivity contribution in [3.8, 4) is 22.7 Å². The molecule has 2 heterocycles. The molecule has 28 heavy (non-hydrogen) atoms. The molecule has 2 aromatic carbocycles. The van der Waals surface area contributed by atoms with Crippen LogP contribution in [0.2, 0.25) is 0 Å². The minimum absolute atomic E-state index is 0.139. The predicted molar refractivity (Wildman–Crippen MR) is 88.0 cm³/mol. The van der Waals surface area contributed by atoms with E-state index >= 15 is 0 Å². The summed E-state index contributed by atoms with van der Waals surface area (Å²) in [6.07, 6.45) is -4.80. The van der Waals surface area contributed by atoms with Gasteiger partial charge >= 0.3 is 6.18 Å². The Morgan fingerprint density at radius 3 is 2.61 bits per heavy atom. The van der Waals surface area contributed by atoms with E-state index in [1.807, 2.05) is 0 Å². The van der Waals surface area contributed by atoms with Crippen LogP contribution in [0.4, 0.5) is 27.6 Å². The molecular formula is C18H10F5N3O2. The van der Waals surface area contributed by atoms with E-state index in [4.69, 9.17) is 4.74 Å². The Bertz CT molecular complexity index is 1090. The summed E-state index contributed by atoms with van der Waals surface area (Å²) in [6.45, 7) is -0.184. The number of ether oxygens (including phenoxy) is 1. The number of carbonyl (C=O) groups is 1. The highest BCUT2D eigenvalue weighted by Crippen LogP contribution is 2.37. The second-order valence-corrected chi connectivity index (χ2v) is 5.97. The summed E-state index contributed by atoms with van der Waals surface area (Å²) in [6, 6.07) is 7.37. The third-order valence-corrected chi connectivity index (χ3v) is 4.04. The van der Waals surface area contributed by atoms with E-state index in [1.54, 1.807) is 0 Å². The molecular weight excluding hydrogens is 385 g/mol. The Balaban J connectivity index is 1.91. The summed E-state index contributed by atoms with van der Waals surface area (Å²) in [5.41, 5.74) is -1.46. The standard InChI is InChI=1S/C18H10F5N3O2/c19-10-2-3-11(20)14(6-10)26-13(7-16(25-26)18(21,22)23)9-1-4-15-12(5-9)24-17(27)8-28-15/h1-7H,8H2,(H,24,27). The van der Waals surface area contributed by atoms with Gasteiger partial charge in [0, 0.05) is 11.6 Å². The van der Waals surface area contributed by atoms with Crippen molar-refractivity contribution in [2.45, 2.75) is 6.18 Å². The van der Waals surface area contributed by atoms with Crippen LogP contribution in [0.15, 0.2) is 42.5 Å². The third kappa shape index (κ3) is 3.17. The van der Waals surface area contributed by atoms with Gasteiger partial charge in [0.1, 0.15) is 23.1 Å². The van der Waals surface area contributed by atoms with Gasteiger partial charge in [-0.25, -0.2) is 13.5 Å². The van der Waals surface area contributed by atoms with Crippen LogP contribution < -0.4 is 10.1 Å². The Labute approximate surface area is 154 Å². The SMILES string of the molecule is O=C1COc2ccc(-c3cc(C(F)(F)F)nn3-c3cc(F)ccc3F)cc2N1. The molecule has 1 aliphatic heterocycles. The van der Waals surface area contributed by atoms with Gasteiger partial charge in [-0.2, -0.15) is 18.3 Å². The summed E-state index contributed by atoms with van der Waals surface area (Å²) in [7, 11) is 0. The second-order valence-electron chi connectivity index (χ2n) is 5.97. The maximum Gasteiger partial charge on any atom is 0.435 e. The number of rotatable bonds is 2. The molecule has 144 valence electrons. The van der Waals surface area contributed by atoms with Crippen LogP contribution >= 0.6 is 0 Å². The van der Waals surface area contributed by atoms with E-state index in [2.05, 4.69) is 10.4 Å². The Kier molecular flexibility index (Phi) is 4.06. The van der Waals surface area contributed by atoms with Crippen molar-refractivity contribution in [2.75, 3.05) is 11.9 Å². The lowest BCUT2D eigenvalue weighted by Gasteiger charge is -2.18. The van der Waals surface area contributed by atoms with Gasteiger partial charge in [0.15, 0.2) is 12.3 Å². The largest absolute Gasteiger partial charge is 0.482 e. The molecule has 1 amide bonds. The highest BCUT2D eigenvalue weighted by Gasteiger charge is 2.35. The zero-order valence-electron chi connectivity index (χ0n) is 13.8. The lowest BCUT2D eigenvalue weighted by molar-refractivity contribution is -0.141. The Morgan fingerprint density at radius 2 is 1.86 bits per heavy atom. The first-order valence-electron chi connectivity index (χ1n) is 7.92. The number of halogens is 5. The zero-order valence-corrected chi connectivity index (χ0v) is 13.8. The van der Waals surface area contributed by atoms with Crippen molar-refractivity contribution in [1.29, 1.82) is 0 Å². The van der Waals surface area contributed by atoms with Crippen molar-refractivity contribution in [1.82, 2.24) is 9.78 Å². The van der Waals surface area contributed by atoms with Crippen molar-refractivity contribution in [3.05, 3.63) is 59.8 Å². The molecule has 0 bridgehead atoms. The number of alkyl halides is 3. The number of nitrogens with zero attached hydrogens (tertiary/aromatic N) is 2. The van der Waals surface area contributed by atoms with Crippen molar-refractivity contribution >= 4 is 11.6 Å². The quantitative estimate of drug-likeness (QED) is 0.663. The smallest absolute Gasteiger partial charge is 0.435 e. The number of benzene rings is 2. The number of anilines is 1. The monoisotopic (exact) mass is 395 g/mol. The molecule has 1 aromatic heterocycles. The molecule has 1 N–H and O–H groups in total. The van der Waals surface area contributed by atoms with Crippen LogP contribution in [0.5, 0.6) is 5.75 Å². The minimum Gasteiger partial charge on any atom is -0.482 e. The highest BCUT2D eigenvalue weighted by atomic mass is 19.4. The zero-order chi connectivity index (χ0) is 20.1. The van der Waals surface area contributed by atoms with E-state index in [0.717, 1.165) is 24.3 Å². The molecule has 0 aliphatic carbocycles. The molecule has 0 unspecified atom stereocenters. The van der Waals surface area contributed by atoms with E-state index in [1.165, 1.54) is 18.2 Å². The highest BCUT2D eigenvalue weighted by molar-refractivity contribution is 5.96. The summed E-state index contributed by atoms with van der Waals surface area (Å²) in [4.78, 5) is 11.5. The van der Waals surface area contributed by atoms with Gasteiger partial charge in [0.05, 0.1) is 11.4 Å². The number of aromatic nitrogens is 2. The number of nitrogens with one attached hydrogen (secondary N) is 1. The van der Waals surface area contributed by atoms with E-state index < -0.39 is 35.1 Å². The van der Waals surface area contributed by atoms with Crippen molar-refractivity contribution in [3.63, 3.8) is 0 Å². The number of amides is 1. The first kappa shape index (κ1) is 18.0. The Hall–Kier alpha value is -3.43. The molecule has 0 saturated heterocycles. The molecule has 3 aromatic rings. The van der Waals surface area contributed by atoms with Gasteiger partial charge in [-0.3, -0.25) is 4.79 Å². The topological polar surface area (TPSA) is 56.1 Å².